The first kappa shape index (κ1) is 23.0. The molecule has 7 heteroatoms. The smallest absolute Gasteiger partial charge is 0.226 e. The predicted octanol–water partition coefficient (Wildman–Crippen LogP) is 3.42. The average Bonchev–Trinajstić information content (AvgIpc) is 3.41. The fraction of sp³-hybridized carbons (Fsp3) is 0.708. The molecule has 4 fully saturated rings. The summed E-state index contributed by atoms with van der Waals surface area (Å²) < 4.78 is 16.4. The Kier molecular flexibility index (Phi) is 6.64. The lowest BCUT2D eigenvalue weighted by Gasteiger charge is -2.44. The molecule has 0 bridgehead atoms. The molecule has 4 aliphatic heterocycles. The molecule has 1 aromatic carbocycles. The molecule has 2 unspecified atom stereocenters. The second-order valence-corrected chi connectivity index (χ2v) is 10.1. The summed E-state index contributed by atoms with van der Waals surface area (Å²) in [5.74, 6) is -0.0287. The molecule has 5 rings (SSSR count). The molecule has 1 aromatic rings. The van der Waals surface area contributed by atoms with Crippen molar-refractivity contribution in [3.63, 3.8) is 0 Å². The molecule has 5 nitrogen and oxygen atoms in total. The third kappa shape index (κ3) is 3.79. The summed E-state index contributed by atoms with van der Waals surface area (Å²) in [7, 11) is 0. The second kappa shape index (κ2) is 8.97. The zero-order valence-electron chi connectivity index (χ0n) is 18.6. The van der Waals surface area contributed by atoms with Gasteiger partial charge in [0.15, 0.2) is 0 Å². The highest BCUT2D eigenvalue weighted by molar-refractivity contribution is 5.85. The van der Waals surface area contributed by atoms with Crippen molar-refractivity contribution in [2.24, 2.45) is 5.41 Å². The van der Waals surface area contributed by atoms with Crippen LogP contribution in [0.3, 0.4) is 0 Å². The van der Waals surface area contributed by atoms with Crippen LogP contribution in [-0.2, 0) is 4.79 Å². The van der Waals surface area contributed by atoms with Crippen molar-refractivity contribution < 1.29 is 9.18 Å². The van der Waals surface area contributed by atoms with E-state index in [1.165, 1.54) is 12.8 Å². The number of nitrogens with zero attached hydrogens (tertiary/aromatic N) is 1. The van der Waals surface area contributed by atoms with Gasteiger partial charge in [-0.25, -0.2) is 4.39 Å². The molecule has 4 atom stereocenters. The third-order valence-electron chi connectivity index (χ3n) is 8.72. The first-order chi connectivity index (χ1) is 14.6. The van der Waals surface area contributed by atoms with Crippen LogP contribution < -0.4 is 20.4 Å². The Labute approximate surface area is 191 Å². The minimum atomic E-state index is -0.242. The molecule has 4 saturated heterocycles. The molecule has 0 aromatic heterocycles. The van der Waals surface area contributed by atoms with Gasteiger partial charge < -0.3 is 16.0 Å². The van der Waals surface area contributed by atoms with E-state index in [4.69, 9.17) is 0 Å². The minimum absolute atomic E-state index is 0. The van der Waals surface area contributed by atoms with Crippen LogP contribution in [-0.4, -0.2) is 50.7 Å². The van der Waals surface area contributed by atoms with E-state index in [1.54, 1.807) is 6.07 Å². The van der Waals surface area contributed by atoms with Crippen LogP contribution in [0.2, 0.25) is 0 Å². The number of carbonyl (C=O) groups is 1. The van der Waals surface area contributed by atoms with E-state index in [0.717, 1.165) is 75.0 Å². The molecular formula is C24H37ClFN4O+. The SMILES string of the molecule is C[C@H]1CCC[N+]1(c1ccc(C2CCC3(CCNCC3)C(=O)N2)c(F)c1)[C@H]1CCNC1.Cl. The molecule has 3 N–H and O–H groups in total. The summed E-state index contributed by atoms with van der Waals surface area (Å²) in [4.78, 5) is 12.9. The van der Waals surface area contributed by atoms with Crippen molar-refractivity contribution in [3.8, 4) is 0 Å². The van der Waals surface area contributed by atoms with Gasteiger partial charge >= 0.3 is 0 Å². The summed E-state index contributed by atoms with van der Waals surface area (Å²) in [5, 5.41) is 10.0. The highest BCUT2D eigenvalue weighted by atomic mass is 35.5. The molecule has 1 spiro atoms. The Morgan fingerprint density at radius 3 is 2.48 bits per heavy atom. The fourth-order valence-electron chi connectivity index (χ4n) is 6.86. The van der Waals surface area contributed by atoms with Crippen LogP contribution in [0.1, 0.15) is 63.5 Å². The Morgan fingerprint density at radius 1 is 1.06 bits per heavy atom. The lowest BCUT2D eigenvalue weighted by Crippen LogP contribution is -2.59. The lowest BCUT2D eigenvalue weighted by atomic mass is 9.71. The maximum Gasteiger partial charge on any atom is 0.226 e. The van der Waals surface area contributed by atoms with Gasteiger partial charge in [-0.1, -0.05) is 0 Å². The second-order valence-electron chi connectivity index (χ2n) is 10.1. The Hall–Kier alpha value is -1.21. The zero-order chi connectivity index (χ0) is 20.8. The number of benzene rings is 1. The van der Waals surface area contributed by atoms with Crippen LogP contribution in [0.25, 0.3) is 0 Å². The molecular weight excluding hydrogens is 415 g/mol. The summed E-state index contributed by atoms with van der Waals surface area (Å²) >= 11 is 0. The van der Waals surface area contributed by atoms with Crippen molar-refractivity contribution in [3.05, 3.63) is 29.6 Å². The van der Waals surface area contributed by atoms with Gasteiger partial charge in [0.2, 0.25) is 5.91 Å². The number of hydrogen-bond acceptors (Lipinski definition) is 3. The molecule has 0 aliphatic carbocycles. The predicted molar refractivity (Wildman–Crippen MR) is 125 cm³/mol. The quantitative estimate of drug-likeness (QED) is 0.617. The van der Waals surface area contributed by atoms with E-state index in [-0.39, 0.29) is 35.6 Å². The maximum atomic E-state index is 15.4. The molecule has 4 heterocycles. The number of likely N-dealkylation sites (tertiary alicyclic amines) is 1. The lowest BCUT2D eigenvalue weighted by molar-refractivity contribution is -0.136. The van der Waals surface area contributed by atoms with Crippen molar-refractivity contribution in [2.45, 2.75) is 70.0 Å². The van der Waals surface area contributed by atoms with E-state index in [2.05, 4.69) is 28.9 Å². The molecule has 0 saturated carbocycles. The van der Waals surface area contributed by atoms with Crippen LogP contribution in [0.4, 0.5) is 10.1 Å². The fourth-order valence-corrected chi connectivity index (χ4v) is 6.86. The highest BCUT2D eigenvalue weighted by Crippen LogP contribution is 2.43. The minimum Gasteiger partial charge on any atom is -0.349 e. The molecule has 1 amide bonds. The van der Waals surface area contributed by atoms with Gasteiger partial charge in [-0.2, -0.15) is 0 Å². The van der Waals surface area contributed by atoms with Gasteiger partial charge in [0.1, 0.15) is 17.5 Å². The topological polar surface area (TPSA) is 53.2 Å². The number of piperidine rings is 2. The molecule has 172 valence electrons. The number of carbonyl (C=O) groups excluding carboxylic acids is 1. The van der Waals surface area contributed by atoms with Crippen molar-refractivity contribution >= 4 is 24.0 Å². The van der Waals surface area contributed by atoms with Gasteiger partial charge in [0.05, 0.1) is 24.0 Å². The van der Waals surface area contributed by atoms with E-state index >= 15 is 4.39 Å². The summed E-state index contributed by atoms with van der Waals surface area (Å²) in [5.41, 5.74) is 1.53. The highest BCUT2D eigenvalue weighted by Gasteiger charge is 2.49. The number of hydrogen-bond donors (Lipinski definition) is 3. The van der Waals surface area contributed by atoms with Crippen LogP contribution in [0.5, 0.6) is 0 Å². The Balaban J connectivity index is 0.00000231. The van der Waals surface area contributed by atoms with Crippen LogP contribution in [0.15, 0.2) is 18.2 Å². The van der Waals surface area contributed by atoms with Crippen LogP contribution in [0, 0.1) is 11.2 Å². The summed E-state index contributed by atoms with van der Waals surface area (Å²) in [6.07, 6.45) is 7.03. The normalized spacial score (nSPS) is 35.0. The zero-order valence-corrected chi connectivity index (χ0v) is 19.4. The van der Waals surface area contributed by atoms with E-state index in [9.17, 15) is 4.79 Å². The first-order valence-electron chi connectivity index (χ1n) is 11.9. The Morgan fingerprint density at radius 2 is 1.87 bits per heavy atom. The third-order valence-corrected chi connectivity index (χ3v) is 8.72. The van der Waals surface area contributed by atoms with Gasteiger partial charge in [0.25, 0.3) is 0 Å². The number of quaternary nitrogens is 1. The largest absolute Gasteiger partial charge is 0.349 e. The van der Waals surface area contributed by atoms with Gasteiger partial charge in [0, 0.05) is 44.0 Å². The number of nitrogens with one attached hydrogen (secondary N) is 3. The molecule has 4 aliphatic rings. The van der Waals surface area contributed by atoms with Crippen molar-refractivity contribution in [1.29, 1.82) is 0 Å². The number of amides is 1. The summed E-state index contributed by atoms with van der Waals surface area (Å²) in [6, 6.07) is 6.75. The van der Waals surface area contributed by atoms with Gasteiger partial charge in [-0.15, -0.1) is 12.4 Å². The van der Waals surface area contributed by atoms with E-state index in [0.29, 0.717) is 17.6 Å². The van der Waals surface area contributed by atoms with E-state index in [1.807, 2.05) is 6.07 Å². The average molecular weight is 452 g/mol. The van der Waals surface area contributed by atoms with E-state index < -0.39 is 0 Å². The van der Waals surface area contributed by atoms with Crippen molar-refractivity contribution in [2.75, 3.05) is 32.7 Å². The standard InChI is InChI=1S/C24H35FN4O.ClH/c1-17-3-2-14-29(17,19-7-11-27-16-19)18-4-5-20(21(25)15-18)22-6-8-24(23(30)28-22)9-12-26-13-10-24;/h4-5,15,17,19,22,26-27H,2-3,6-14,16H2,1H3;1H/p+1/t17-,19-,22?,29?;/m0./s1. The first-order valence-corrected chi connectivity index (χ1v) is 11.9. The molecule has 0 radical (unpaired) electrons. The van der Waals surface area contributed by atoms with Gasteiger partial charge in [-0.3, -0.25) is 9.28 Å². The maximum absolute atomic E-state index is 15.4. The van der Waals surface area contributed by atoms with Gasteiger partial charge in [-0.05, 0) is 57.8 Å². The Bertz CT molecular complexity index is 809. The van der Waals surface area contributed by atoms with Crippen molar-refractivity contribution in [1.82, 2.24) is 20.4 Å². The molecule has 31 heavy (non-hydrogen) atoms. The number of halogens is 2. The monoisotopic (exact) mass is 451 g/mol. The van der Waals surface area contributed by atoms with Crippen LogP contribution >= 0.6 is 12.4 Å². The number of rotatable bonds is 3. The summed E-state index contributed by atoms with van der Waals surface area (Å²) in [6.45, 7) is 7.30.